The third-order valence-corrected chi connectivity index (χ3v) is 2.72. The van der Waals surface area contributed by atoms with Crippen LogP contribution >= 0.6 is 0 Å². The lowest BCUT2D eigenvalue weighted by atomic mass is 10.2. The topological polar surface area (TPSA) is 27.1 Å². The molecule has 0 aliphatic heterocycles. The van der Waals surface area contributed by atoms with Gasteiger partial charge in [-0.2, -0.15) is 5.10 Å². The Hall–Kier alpha value is -1.84. The Labute approximate surface area is 106 Å². The molecule has 18 heavy (non-hydrogen) atoms. The van der Waals surface area contributed by atoms with Crippen LogP contribution in [0.2, 0.25) is 0 Å². The highest BCUT2D eigenvalue weighted by atomic mass is 19.1. The van der Waals surface area contributed by atoms with E-state index in [1.54, 1.807) is 19.1 Å². The second-order valence-corrected chi connectivity index (χ2v) is 4.58. The number of aromatic nitrogens is 2. The molecule has 0 amide bonds. The van der Waals surface area contributed by atoms with E-state index in [0.29, 0.717) is 24.0 Å². The van der Waals surface area contributed by atoms with E-state index >= 15 is 0 Å². The molecule has 0 atom stereocenters. The first kappa shape index (κ1) is 12.6. The normalized spacial score (nSPS) is 10.9. The first-order chi connectivity index (χ1) is 8.56. The highest BCUT2D eigenvalue weighted by Gasteiger charge is 2.04. The molecular weight excluding hydrogens is 231 g/mol. The predicted molar refractivity (Wildman–Crippen MR) is 68.1 cm³/mol. The van der Waals surface area contributed by atoms with Gasteiger partial charge in [0.25, 0.3) is 0 Å². The lowest BCUT2D eigenvalue weighted by Gasteiger charge is -2.06. The fourth-order valence-corrected chi connectivity index (χ4v) is 1.56. The summed E-state index contributed by atoms with van der Waals surface area (Å²) < 4.78 is 20.7. The van der Waals surface area contributed by atoms with Crippen molar-refractivity contribution in [2.24, 2.45) is 0 Å². The van der Waals surface area contributed by atoms with E-state index in [9.17, 15) is 4.39 Å². The van der Waals surface area contributed by atoms with Gasteiger partial charge in [0.2, 0.25) is 0 Å². The maximum Gasteiger partial charge on any atom is 0.132 e. The molecule has 3 nitrogen and oxygen atoms in total. The van der Waals surface area contributed by atoms with Crippen molar-refractivity contribution < 1.29 is 9.13 Å². The van der Waals surface area contributed by atoms with Crippen molar-refractivity contribution in [1.82, 2.24) is 9.78 Å². The van der Waals surface area contributed by atoms with Crippen molar-refractivity contribution >= 4 is 0 Å². The first-order valence-electron chi connectivity index (χ1n) is 5.99. The predicted octanol–water partition coefficient (Wildman–Crippen LogP) is 3.49. The molecular formula is C14H17FN2O. The average molecular weight is 248 g/mol. The number of nitrogens with zero attached hydrogens (tertiary/aromatic N) is 2. The average Bonchev–Trinajstić information content (AvgIpc) is 2.79. The van der Waals surface area contributed by atoms with Gasteiger partial charge in [-0.05, 0) is 38.5 Å². The molecule has 96 valence electrons. The van der Waals surface area contributed by atoms with E-state index in [4.69, 9.17) is 4.74 Å². The molecule has 0 N–H and O–H groups in total. The van der Waals surface area contributed by atoms with Crippen molar-refractivity contribution in [2.45, 2.75) is 33.4 Å². The zero-order valence-corrected chi connectivity index (χ0v) is 10.9. The van der Waals surface area contributed by atoms with Crippen LogP contribution in [0.3, 0.4) is 0 Å². The van der Waals surface area contributed by atoms with Crippen LogP contribution in [0.25, 0.3) is 0 Å². The number of aryl methyl sites for hydroxylation is 1. The number of benzene rings is 1. The van der Waals surface area contributed by atoms with Crippen LogP contribution in [-0.4, -0.2) is 9.78 Å². The van der Waals surface area contributed by atoms with Gasteiger partial charge in [0.15, 0.2) is 0 Å². The summed E-state index contributed by atoms with van der Waals surface area (Å²) in [5.41, 5.74) is 1.45. The first-order valence-corrected chi connectivity index (χ1v) is 5.99. The maximum absolute atomic E-state index is 13.3. The van der Waals surface area contributed by atoms with Gasteiger partial charge in [-0.1, -0.05) is 6.07 Å². The molecule has 1 heterocycles. The number of halogens is 1. The van der Waals surface area contributed by atoms with E-state index in [1.165, 1.54) is 6.07 Å². The van der Waals surface area contributed by atoms with Gasteiger partial charge in [-0.3, -0.25) is 4.68 Å². The summed E-state index contributed by atoms with van der Waals surface area (Å²) in [5, 5.41) is 4.36. The van der Waals surface area contributed by atoms with Crippen LogP contribution in [-0.2, 0) is 6.61 Å². The van der Waals surface area contributed by atoms with Crippen molar-refractivity contribution in [1.29, 1.82) is 0 Å². The molecule has 0 unspecified atom stereocenters. The van der Waals surface area contributed by atoms with Crippen LogP contribution in [0.5, 0.6) is 5.75 Å². The molecule has 0 spiro atoms. The van der Waals surface area contributed by atoms with E-state index in [-0.39, 0.29) is 5.82 Å². The van der Waals surface area contributed by atoms with Gasteiger partial charge < -0.3 is 4.74 Å². The fraction of sp³-hybridized carbons (Fsp3) is 0.357. The molecule has 4 heteroatoms. The second-order valence-electron chi connectivity index (χ2n) is 4.58. The van der Waals surface area contributed by atoms with Gasteiger partial charge in [-0.15, -0.1) is 0 Å². The summed E-state index contributed by atoms with van der Waals surface area (Å²) in [7, 11) is 0. The minimum atomic E-state index is -0.250. The largest absolute Gasteiger partial charge is 0.487 e. The zero-order chi connectivity index (χ0) is 13.1. The number of hydrogen-bond donors (Lipinski definition) is 0. The number of rotatable bonds is 4. The summed E-state index contributed by atoms with van der Waals surface area (Å²) in [6.07, 6.45) is 1.92. The maximum atomic E-state index is 13.3. The van der Waals surface area contributed by atoms with Gasteiger partial charge >= 0.3 is 0 Å². The van der Waals surface area contributed by atoms with E-state index in [1.807, 2.05) is 16.9 Å². The lowest BCUT2D eigenvalue weighted by molar-refractivity contribution is 0.297. The highest BCUT2D eigenvalue weighted by molar-refractivity contribution is 5.28. The van der Waals surface area contributed by atoms with Gasteiger partial charge in [0, 0.05) is 18.3 Å². The Morgan fingerprint density at radius 2 is 2.11 bits per heavy atom. The minimum absolute atomic E-state index is 0.250. The highest BCUT2D eigenvalue weighted by Crippen LogP contribution is 2.17. The molecule has 1 aromatic carbocycles. The Bertz CT molecular complexity index is 534. The van der Waals surface area contributed by atoms with E-state index in [2.05, 4.69) is 18.9 Å². The molecule has 0 aliphatic carbocycles. The molecule has 0 fully saturated rings. The molecule has 0 aliphatic rings. The Morgan fingerprint density at radius 3 is 2.72 bits per heavy atom. The smallest absolute Gasteiger partial charge is 0.132 e. The molecule has 0 bridgehead atoms. The van der Waals surface area contributed by atoms with Crippen LogP contribution in [0.4, 0.5) is 4.39 Å². The molecule has 0 radical (unpaired) electrons. The summed E-state index contributed by atoms with van der Waals surface area (Å²) in [4.78, 5) is 0. The quantitative estimate of drug-likeness (QED) is 0.828. The van der Waals surface area contributed by atoms with Crippen LogP contribution in [0.15, 0.2) is 30.5 Å². The van der Waals surface area contributed by atoms with Crippen LogP contribution < -0.4 is 4.74 Å². The van der Waals surface area contributed by atoms with Crippen molar-refractivity contribution in [3.05, 3.63) is 47.5 Å². The molecule has 1 aromatic heterocycles. The Balaban J connectivity index is 2.00. The molecule has 0 saturated carbocycles. The summed E-state index contributed by atoms with van der Waals surface area (Å²) in [5.74, 6) is 0.275. The summed E-state index contributed by atoms with van der Waals surface area (Å²) in [6.45, 7) is 6.20. The number of hydrogen-bond acceptors (Lipinski definition) is 2. The third kappa shape index (κ3) is 2.88. The molecule has 0 saturated heterocycles. The van der Waals surface area contributed by atoms with Gasteiger partial charge in [0.1, 0.15) is 18.2 Å². The van der Waals surface area contributed by atoms with Gasteiger partial charge in [-0.25, -0.2) is 4.39 Å². The van der Waals surface area contributed by atoms with Gasteiger partial charge in [0.05, 0.1) is 5.69 Å². The Morgan fingerprint density at radius 1 is 1.33 bits per heavy atom. The summed E-state index contributed by atoms with van der Waals surface area (Å²) in [6, 6.07) is 7.10. The van der Waals surface area contributed by atoms with Crippen molar-refractivity contribution in [3.8, 4) is 5.75 Å². The SMILES string of the molecule is Cc1ccc(OCc2ccn(C(C)C)n2)cc1F. The van der Waals surface area contributed by atoms with Crippen LogP contribution in [0, 0.1) is 12.7 Å². The standard InChI is InChI=1S/C14H17FN2O/c1-10(2)17-7-6-12(16-17)9-18-13-5-4-11(3)14(15)8-13/h4-8,10H,9H2,1-3H3. The summed E-state index contributed by atoms with van der Waals surface area (Å²) >= 11 is 0. The second kappa shape index (κ2) is 5.21. The Kier molecular flexibility index (Phi) is 3.65. The number of ether oxygens (including phenoxy) is 1. The fourth-order valence-electron chi connectivity index (χ4n) is 1.56. The van der Waals surface area contributed by atoms with Crippen molar-refractivity contribution in [3.63, 3.8) is 0 Å². The molecule has 2 rings (SSSR count). The van der Waals surface area contributed by atoms with E-state index in [0.717, 1.165) is 5.69 Å². The lowest BCUT2D eigenvalue weighted by Crippen LogP contribution is -2.03. The van der Waals surface area contributed by atoms with E-state index < -0.39 is 0 Å². The third-order valence-electron chi connectivity index (χ3n) is 2.72. The monoisotopic (exact) mass is 248 g/mol. The minimum Gasteiger partial charge on any atom is -0.487 e. The molecule has 2 aromatic rings. The van der Waals surface area contributed by atoms with Crippen LogP contribution in [0.1, 0.15) is 31.1 Å². The van der Waals surface area contributed by atoms with Crippen molar-refractivity contribution in [2.75, 3.05) is 0 Å². The zero-order valence-electron chi connectivity index (χ0n) is 10.9.